The first-order valence-corrected chi connectivity index (χ1v) is 9.17. The smallest absolute Gasteiger partial charge is 0.237 e. The molecule has 3 nitrogen and oxygen atoms in total. The van der Waals surface area contributed by atoms with E-state index in [2.05, 4.69) is 48.0 Å². The lowest BCUT2D eigenvalue weighted by atomic mass is 9.78. The van der Waals surface area contributed by atoms with E-state index < -0.39 is 0 Å². The number of carbonyl (C=O) groups is 1. The van der Waals surface area contributed by atoms with Gasteiger partial charge in [-0.25, -0.2) is 0 Å². The number of nitrogens with zero attached hydrogens (tertiary/aromatic N) is 2. The summed E-state index contributed by atoms with van der Waals surface area (Å²) in [5, 5.41) is 0. The summed E-state index contributed by atoms with van der Waals surface area (Å²) in [5.41, 5.74) is 2.62. The highest BCUT2D eigenvalue weighted by molar-refractivity contribution is 5.78. The number of rotatable bonds is 4. The van der Waals surface area contributed by atoms with Gasteiger partial charge >= 0.3 is 0 Å². The second-order valence-corrected chi connectivity index (χ2v) is 7.44. The number of fused-ring (bicyclic) bond motifs is 1. The van der Waals surface area contributed by atoms with Crippen LogP contribution >= 0.6 is 0 Å². The molecule has 1 aromatic rings. The van der Waals surface area contributed by atoms with Gasteiger partial charge < -0.3 is 4.90 Å². The second kappa shape index (κ2) is 7.48. The van der Waals surface area contributed by atoms with Crippen molar-refractivity contribution < 1.29 is 4.79 Å². The fraction of sp³-hybridized carbons (Fsp3) is 0.650. The Bertz CT molecular complexity index is 540. The molecular weight excluding hydrogens is 284 g/mol. The zero-order valence-corrected chi connectivity index (χ0v) is 14.6. The van der Waals surface area contributed by atoms with Gasteiger partial charge in [0.05, 0.1) is 6.54 Å². The Morgan fingerprint density at radius 2 is 1.91 bits per heavy atom. The normalized spacial score (nSPS) is 24.6. The molecule has 2 fully saturated rings. The van der Waals surface area contributed by atoms with Crippen molar-refractivity contribution in [2.24, 2.45) is 5.92 Å². The first-order valence-electron chi connectivity index (χ1n) is 9.17. The highest BCUT2D eigenvalue weighted by atomic mass is 16.2. The van der Waals surface area contributed by atoms with Crippen LogP contribution in [0.1, 0.15) is 49.7 Å². The van der Waals surface area contributed by atoms with E-state index in [9.17, 15) is 4.79 Å². The van der Waals surface area contributed by atoms with Crippen molar-refractivity contribution in [2.75, 3.05) is 20.1 Å². The monoisotopic (exact) mass is 314 g/mol. The number of aryl methyl sites for hydroxylation is 1. The van der Waals surface area contributed by atoms with Gasteiger partial charge in [-0.15, -0.1) is 0 Å². The van der Waals surface area contributed by atoms with Gasteiger partial charge in [0.25, 0.3) is 0 Å². The molecule has 2 unspecified atom stereocenters. The molecule has 0 bridgehead atoms. The van der Waals surface area contributed by atoms with E-state index >= 15 is 0 Å². The van der Waals surface area contributed by atoms with Crippen LogP contribution in [0, 0.1) is 12.8 Å². The standard InChI is InChI=1S/C20H30N2O/c1-16-8-3-4-10-18(16)14-21(2)15-20(23)22-13-7-11-17-9-5-6-12-19(17)22/h3-4,8,10,17,19H,5-7,9,11-15H2,1-2H3. The average Bonchev–Trinajstić information content (AvgIpc) is 2.56. The molecule has 0 N–H and O–H groups in total. The molecule has 3 heteroatoms. The topological polar surface area (TPSA) is 23.6 Å². The minimum Gasteiger partial charge on any atom is -0.338 e. The van der Waals surface area contributed by atoms with E-state index in [1.165, 1.54) is 49.7 Å². The third kappa shape index (κ3) is 3.95. The number of likely N-dealkylation sites (N-methyl/N-ethyl adjacent to an activating group) is 1. The van der Waals surface area contributed by atoms with E-state index in [4.69, 9.17) is 0 Å². The van der Waals surface area contributed by atoms with E-state index in [-0.39, 0.29) is 0 Å². The Morgan fingerprint density at radius 1 is 1.17 bits per heavy atom. The first-order chi connectivity index (χ1) is 11.1. The number of piperidine rings is 1. The SMILES string of the molecule is Cc1ccccc1CN(C)CC(=O)N1CCCC2CCCCC21. The lowest BCUT2D eigenvalue weighted by Crippen LogP contribution is -2.52. The molecule has 3 rings (SSSR count). The van der Waals surface area contributed by atoms with Crippen LogP contribution in [0.4, 0.5) is 0 Å². The summed E-state index contributed by atoms with van der Waals surface area (Å²) < 4.78 is 0. The maximum absolute atomic E-state index is 12.8. The second-order valence-electron chi connectivity index (χ2n) is 7.44. The van der Waals surface area contributed by atoms with Crippen LogP contribution in [0.3, 0.4) is 0 Å². The number of likely N-dealkylation sites (tertiary alicyclic amines) is 1. The van der Waals surface area contributed by atoms with Gasteiger partial charge in [-0.2, -0.15) is 0 Å². The number of hydrogen-bond donors (Lipinski definition) is 0. The van der Waals surface area contributed by atoms with Crippen LogP contribution in [0.2, 0.25) is 0 Å². The molecule has 1 heterocycles. The van der Waals surface area contributed by atoms with E-state index in [0.717, 1.165) is 19.0 Å². The quantitative estimate of drug-likeness (QED) is 0.847. The Morgan fingerprint density at radius 3 is 2.74 bits per heavy atom. The molecule has 0 spiro atoms. The molecule has 1 saturated heterocycles. The van der Waals surface area contributed by atoms with Gasteiger partial charge in [-0.05, 0) is 56.7 Å². The summed E-state index contributed by atoms with van der Waals surface area (Å²) >= 11 is 0. The van der Waals surface area contributed by atoms with Gasteiger partial charge in [0.1, 0.15) is 0 Å². The van der Waals surface area contributed by atoms with Crippen LogP contribution in [-0.4, -0.2) is 41.9 Å². The summed E-state index contributed by atoms with van der Waals surface area (Å²) in [5.74, 6) is 1.10. The molecule has 1 aromatic carbocycles. The van der Waals surface area contributed by atoms with Crippen LogP contribution in [0.15, 0.2) is 24.3 Å². The molecule has 1 aliphatic carbocycles. The van der Waals surface area contributed by atoms with Crippen molar-refractivity contribution in [2.45, 2.75) is 58.0 Å². The van der Waals surface area contributed by atoms with Crippen LogP contribution < -0.4 is 0 Å². The lowest BCUT2D eigenvalue weighted by Gasteiger charge is -2.44. The molecule has 0 radical (unpaired) electrons. The highest BCUT2D eigenvalue weighted by Gasteiger charge is 2.35. The van der Waals surface area contributed by atoms with Crippen molar-refractivity contribution in [3.05, 3.63) is 35.4 Å². The summed E-state index contributed by atoms with van der Waals surface area (Å²) in [7, 11) is 2.06. The van der Waals surface area contributed by atoms with Crippen LogP contribution in [-0.2, 0) is 11.3 Å². The number of amides is 1. The Labute approximate surface area is 140 Å². The minimum absolute atomic E-state index is 0.331. The summed E-state index contributed by atoms with van der Waals surface area (Å²) in [6.45, 7) is 4.50. The fourth-order valence-electron chi connectivity index (χ4n) is 4.39. The largest absolute Gasteiger partial charge is 0.338 e. The van der Waals surface area contributed by atoms with Crippen molar-refractivity contribution in [1.29, 1.82) is 0 Å². The predicted molar refractivity (Wildman–Crippen MR) is 94.2 cm³/mol. The number of hydrogen-bond acceptors (Lipinski definition) is 2. The van der Waals surface area contributed by atoms with Crippen LogP contribution in [0.5, 0.6) is 0 Å². The maximum atomic E-state index is 12.8. The van der Waals surface area contributed by atoms with Crippen LogP contribution in [0.25, 0.3) is 0 Å². The molecule has 1 saturated carbocycles. The average molecular weight is 314 g/mol. The Hall–Kier alpha value is -1.35. The third-order valence-electron chi connectivity index (χ3n) is 5.67. The summed E-state index contributed by atoms with van der Waals surface area (Å²) in [6.07, 6.45) is 7.72. The number of carbonyl (C=O) groups excluding carboxylic acids is 1. The maximum Gasteiger partial charge on any atom is 0.237 e. The molecule has 23 heavy (non-hydrogen) atoms. The molecule has 0 aromatic heterocycles. The molecule has 1 amide bonds. The number of benzene rings is 1. The van der Waals surface area contributed by atoms with Gasteiger partial charge in [0.15, 0.2) is 0 Å². The van der Waals surface area contributed by atoms with Crippen molar-refractivity contribution in [3.63, 3.8) is 0 Å². The Balaban J connectivity index is 1.58. The third-order valence-corrected chi connectivity index (χ3v) is 5.67. The molecular formula is C20H30N2O. The zero-order chi connectivity index (χ0) is 16.2. The summed E-state index contributed by atoms with van der Waals surface area (Å²) in [6, 6.07) is 8.98. The molecule has 126 valence electrons. The lowest BCUT2D eigenvalue weighted by molar-refractivity contribution is -0.138. The zero-order valence-electron chi connectivity index (χ0n) is 14.6. The minimum atomic E-state index is 0.331. The fourth-order valence-corrected chi connectivity index (χ4v) is 4.39. The molecule has 1 aliphatic heterocycles. The summed E-state index contributed by atoms with van der Waals surface area (Å²) in [4.78, 5) is 17.2. The van der Waals surface area contributed by atoms with Gasteiger partial charge in [-0.3, -0.25) is 9.69 Å². The Kier molecular flexibility index (Phi) is 5.37. The molecule has 2 atom stereocenters. The van der Waals surface area contributed by atoms with Crippen molar-refractivity contribution in [3.8, 4) is 0 Å². The van der Waals surface area contributed by atoms with E-state index in [1.54, 1.807) is 0 Å². The first kappa shape index (κ1) is 16.5. The van der Waals surface area contributed by atoms with E-state index in [0.29, 0.717) is 18.5 Å². The highest BCUT2D eigenvalue weighted by Crippen LogP contribution is 2.35. The van der Waals surface area contributed by atoms with E-state index in [1.807, 2.05) is 0 Å². The van der Waals surface area contributed by atoms with Gasteiger partial charge in [-0.1, -0.05) is 37.1 Å². The molecule has 2 aliphatic rings. The van der Waals surface area contributed by atoms with Gasteiger partial charge in [0.2, 0.25) is 5.91 Å². The predicted octanol–water partition coefficient (Wildman–Crippen LogP) is 3.61. The van der Waals surface area contributed by atoms with Crippen molar-refractivity contribution >= 4 is 5.91 Å². The van der Waals surface area contributed by atoms with Crippen molar-refractivity contribution in [1.82, 2.24) is 9.80 Å². The van der Waals surface area contributed by atoms with Gasteiger partial charge in [0, 0.05) is 19.1 Å².